The quantitative estimate of drug-likeness (QED) is 0.880. The van der Waals surface area contributed by atoms with E-state index in [9.17, 15) is 4.79 Å². The highest BCUT2D eigenvalue weighted by molar-refractivity contribution is 5.89. The zero-order valence-electron chi connectivity index (χ0n) is 11.0. The molecule has 0 aliphatic rings. The molecule has 0 spiro atoms. The molecular formula is C15H16N2O2. The first-order chi connectivity index (χ1) is 9.10. The van der Waals surface area contributed by atoms with Gasteiger partial charge in [-0.2, -0.15) is 0 Å². The van der Waals surface area contributed by atoms with Gasteiger partial charge in [-0.25, -0.2) is 9.78 Å². The summed E-state index contributed by atoms with van der Waals surface area (Å²) in [5.41, 5.74) is 2.93. The molecule has 0 bridgehead atoms. The van der Waals surface area contributed by atoms with Crippen LogP contribution in [-0.2, 0) is 6.42 Å². The molecule has 4 nitrogen and oxygen atoms in total. The standard InChI is InChI=1S/C15H16N2O2/c1-3-11-5-4-6-12(9-11)17-14-8-7-13(15(18)19)10(2)16-14/h4-9H,3H2,1-2H3,(H,16,17)(H,18,19). The maximum Gasteiger partial charge on any atom is 0.337 e. The normalized spacial score (nSPS) is 10.2. The second-order valence-corrected chi connectivity index (χ2v) is 4.31. The van der Waals surface area contributed by atoms with E-state index in [-0.39, 0.29) is 5.56 Å². The van der Waals surface area contributed by atoms with E-state index < -0.39 is 5.97 Å². The number of nitrogens with zero attached hydrogens (tertiary/aromatic N) is 1. The molecule has 98 valence electrons. The number of anilines is 2. The third-order valence-corrected chi connectivity index (χ3v) is 2.92. The van der Waals surface area contributed by atoms with Crippen LogP contribution in [0.15, 0.2) is 36.4 Å². The fraction of sp³-hybridized carbons (Fsp3) is 0.200. The van der Waals surface area contributed by atoms with E-state index in [1.165, 1.54) is 5.56 Å². The minimum atomic E-state index is -0.954. The van der Waals surface area contributed by atoms with Crippen molar-refractivity contribution < 1.29 is 9.90 Å². The van der Waals surface area contributed by atoms with Gasteiger partial charge in [-0.1, -0.05) is 19.1 Å². The molecular weight excluding hydrogens is 240 g/mol. The smallest absolute Gasteiger partial charge is 0.337 e. The number of benzene rings is 1. The average Bonchev–Trinajstić information content (AvgIpc) is 2.38. The van der Waals surface area contributed by atoms with Crippen molar-refractivity contribution in [3.63, 3.8) is 0 Å². The molecule has 0 aliphatic carbocycles. The Kier molecular flexibility index (Phi) is 3.80. The van der Waals surface area contributed by atoms with Crippen LogP contribution >= 0.6 is 0 Å². The first-order valence-electron chi connectivity index (χ1n) is 6.17. The Morgan fingerprint density at radius 2 is 2.11 bits per heavy atom. The molecule has 4 heteroatoms. The molecule has 0 saturated carbocycles. The Hall–Kier alpha value is -2.36. The average molecular weight is 256 g/mol. The van der Waals surface area contributed by atoms with Crippen molar-refractivity contribution in [2.45, 2.75) is 20.3 Å². The van der Waals surface area contributed by atoms with Crippen LogP contribution in [0.3, 0.4) is 0 Å². The van der Waals surface area contributed by atoms with Crippen LogP contribution in [0.25, 0.3) is 0 Å². The van der Waals surface area contributed by atoms with Crippen LogP contribution in [0.5, 0.6) is 0 Å². The van der Waals surface area contributed by atoms with Crippen molar-refractivity contribution in [3.8, 4) is 0 Å². The second kappa shape index (κ2) is 5.52. The van der Waals surface area contributed by atoms with E-state index in [4.69, 9.17) is 5.11 Å². The number of carboxylic acid groups (broad SMARTS) is 1. The molecule has 2 aromatic rings. The van der Waals surface area contributed by atoms with Gasteiger partial charge in [-0.05, 0) is 43.2 Å². The monoisotopic (exact) mass is 256 g/mol. The number of rotatable bonds is 4. The van der Waals surface area contributed by atoms with Gasteiger partial charge in [0.15, 0.2) is 0 Å². The van der Waals surface area contributed by atoms with Crippen molar-refractivity contribution in [2.24, 2.45) is 0 Å². The fourth-order valence-electron chi connectivity index (χ4n) is 1.87. The van der Waals surface area contributed by atoms with E-state index >= 15 is 0 Å². The van der Waals surface area contributed by atoms with Gasteiger partial charge < -0.3 is 10.4 Å². The summed E-state index contributed by atoms with van der Waals surface area (Å²) < 4.78 is 0. The largest absolute Gasteiger partial charge is 0.478 e. The number of hydrogen-bond acceptors (Lipinski definition) is 3. The van der Waals surface area contributed by atoms with Crippen LogP contribution in [0.2, 0.25) is 0 Å². The molecule has 2 N–H and O–H groups in total. The topological polar surface area (TPSA) is 62.2 Å². The maximum atomic E-state index is 10.9. The van der Waals surface area contributed by atoms with Gasteiger partial charge in [-0.3, -0.25) is 0 Å². The number of hydrogen-bond donors (Lipinski definition) is 2. The summed E-state index contributed by atoms with van der Waals surface area (Å²) in [5.74, 6) is -0.305. The van der Waals surface area contributed by atoms with Crippen molar-refractivity contribution in [1.82, 2.24) is 4.98 Å². The van der Waals surface area contributed by atoms with E-state index in [0.717, 1.165) is 12.1 Å². The summed E-state index contributed by atoms with van der Waals surface area (Å²) in [6.07, 6.45) is 0.972. The lowest BCUT2D eigenvalue weighted by Gasteiger charge is -2.08. The maximum absolute atomic E-state index is 10.9. The summed E-state index contributed by atoms with van der Waals surface area (Å²) in [5, 5.41) is 12.1. The summed E-state index contributed by atoms with van der Waals surface area (Å²) in [4.78, 5) is 15.2. The fourth-order valence-corrected chi connectivity index (χ4v) is 1.87. The Bertz CT molecular complexity index is 609. The van der Waals surface area contributed by atoms with Crippen LogP contribution in [-0.4, -0.2) is 16.1 Å². The highest BCUT2D eigenvalue weighted by Crippen LogP contribution is 2.18. The zero-order chi connectivity index (χ0) is 13.8. The summed E-state index contributed by atoms with van der Waals surface area (Å²) in [6, 6.07) is 11.3. The molecule has 0 amide bonds. The molecule has 2 rings (SSSR count). The molecule has 19 heavy (non-hydrogen) atoms. The Balaban J connectivity index is 2.23. The molecule has 1 aromatic heterocycles. The van der Waals surface area contributed by atoms with E-state index in [2.05, 4.69) is 29.4 Å². The second-order valence-electron chi connectivity index (χ2n) is 4.31. The van der Waals surface area contributed by atoms with E-state index in [1.807, 2.05) is 12.1 Å². The van der Waals surface area contributed by atoms with Crippen LogP contribution in [0, 0.1) is 6.92 Å². The third kappa shape index (κ3) is 3.10. The lowest BCUT2D eigenvalue weighted by atomic mass is 10.1. The predicted octanol–water partition coefficient (Wildman–Crippen LogP) is 3.39. The van der Waals surface area contributed by atoms with E-state index in [1.54, 1.807) is 19.1 Å². The Morgan fingerprint density at radius 3 is 2.74 bits per heavy atom. The summed E-state index contributed by atoms with van der Waals surface area (Å²) in [7, 11) is 0. The Labute approximate surface area is 112 Å². The number of aromatic nitrogens is 1. The molecule has 0 saturated heterocycles. The number of carbonyl (C=O) groups is 1. The highest BCUT2D eigenvalue weighted by atomic mass is 16.4. The van der Waals surface area contributed by atoms with Gasteiger partial charge in [0.25, 0.3) is 0 Å². The lowest BCUT2D eigenvalue weighted by Crippen LogP contribution is -2.03. The summed E-state index contributed by atoms with van der Waals surface area (Å²) >= 11 is 0. The van der Waals surface area contributed by atoms with Gasteiger partial charge >= 0.3 is 5.97 Å². The number of aryl methyl sites for hydroxylation is 2. The third-order valence-electron chi connectivity index (χ3n) is 2.92. The van der Waals surface area contributed by atoms with Crippen LogP contribution < -0.4 is 5.32 Å². The van der Waals surface area contributed by atoms with Gasteiger partial charge in [0.05, 0.1) is 11.3 Å². The predicted molar refractivity (Wildman–Crippen MR) is 75.0 cm³/mol. The highest BCUT2D eigenvalue weighted by Gasteiger charge is 2.08. The van der Waals surface area contributed by atoms with Crippen LogP contribution in [0.1, 0.15) is 28.5 Å². The number of nitrogens with one attached hydrogen (secondary N) is 1. The minimum Gasteiger partial charge on any atom is -0.478 e. The first-order valence-corrected chi connectivity index (χ1v) is 6.17. The molecule has 0 atom stereocenters. The van der Waals surface area contributed by atoms with Crippen molar-refractivity contribution >= 4 is 17.5 Å². The van der Waals surface area contributed by atoms with Crippen molar-refractivity contribution in [2.75, 3.05) is 5.32 Å². The SMILES string of the molecule is CCc1cccc(Nc2ccc(C(=O)O)c(C)n2)c1. The number of carboxylic acids is 1. The summed E-state index contributed by atoms with van der Waals surface area (Å²) in [6.45, 7) is 3.79. The molecule has 1 aromatic carbocycles. The molecule has 0 fully saturated rings. The van der Waals surface area contributed by atoms with Crippen molar-refractivity contribution in [3.05, 3.63) is 53.2 Å². The van der Waals surface area contributed by atoms with Gasteiger partial charge in [-0.15, -0.1) is 0 Å². The molecule has 0 radical (unpaired) electrons. The van der Waals surface area contributed by atoms with Crippen molar-refractivity contribution in [1.29, 1.82) is 0 Å². The molecule has 0 aliphatic heterocycles. The van der Waals surface area contributed by atoms with Crippen LogP contribution in [0.4, 0.5) is 11.5 Å². The zero-order valence-corrected chi connectivity index (χ0v) is 11.0. The van der Waals surface area contributed by atoms with Gasteiger partial charge in [0.2, 0.25) is 0 Å². The molecule has 0 unspecified atom stereocenters. The van der Waals surface area contributed by atoms with Gasteiger partial charge in [0.1, 0.15) is 5.82 Å². The first kappa shape index (κ1) is 13.1. The van der Waals surface area contributed by atoms with E-state index in [0.29, 0.717) is 11.5 Å². The number of aromatic carboxylic acids is 1. The minimum absolute atomic E-state index is 0.229. The Morgan fingerprint density at radius 1 is 1.32 bits per heavy atom. The number of pyridine rings is 1. The lowest BCUT2D eigenvalue weighted by molar-refractivity contribution is 0.0695. The molecule has 1 heterocycles. The van der Waals surface area contributed by atoms with Gasteiger partial charge in [0, 0.05) is 5.69 Å².